The zero-order valence-corrected chi connectivity index (χ0v) is 11.5. The third-order valence-corrected chi connectivity index (χ3v) is 4.39. The minimum Gasteiger partial charge on any atom is -0.469 e. The molecule has 2 heterocycles. The quantitative estimate of drug-likeness (QED) is 0.775. The van der Waals surface area contributed by atoms with E-state index in [9.17, 15) is 4.79 Å². The van der Waals surface area contributed by atoms with E-state index < -0.39 is 0 Å². The molecule has 0 aromatic carbocycles. The van der Waals surface area contributed by atoms with Gasteiger partial charge in [0, 0.05) is 22.8 Å². The van der Waals surface area contributed by atoms with Gasteiger partial charge in [-0.25, -0.2) is 0 Å². The van der Waals surface area contributed by atoms with Crippen LogP contribution in [-0.2, 0) is 16.1 Å². The molecule has 0 aliphatic carbocycles. The molecule has 1 fully saturated rings. The van der Waals surface area contributed by atoms with Crippen molar-refractivity contribution in [1.29, 1.82) is 0 Å². The first-order valence-electron chi connectivity index (χ1n) is 5.89. The van der Waals surface area contributed by atoms with Crippen LogP contribution in [0.3, 0.4) is 0 Å². The predicted octanol–water partition coefficient (Wildman–Crippen LogP) is 2.44. The van der Waals surface area contributed by atoms with Crippen molar-refractivity contribution in [2.75, 3.05) is 20.2 Å². The Balaban J connectivity index is 1.96. The van der Waals surface area contributed by atoms with Gasteiger partial charge in [0.05, 0.1) is 12.5 Å². The van der Waals surface area contributed by atoms with Crippen molar-refractivity contribution in [3.05, 3.63) is 21.9 Å². The van der Waals surface area contributed by atoms with Crippen LogP contribution in [-0.4, -0.2) is 31.1 Å². The second-order valence-corrected chi connectivity index (χ2v) is 6.40. The van der Waals surface area contributed by atoms with Gasteiger partial charge >= 0.3 is 5.97 Å². The molecule has 17 heavy (non-hydrogen) atoms. The monoisotopic (exact) mass is 253 g/mol. The van der Waals surface area contributed by atoms with Gasteiger partial charge in [0.25, 0.3) is 0 Å². The Labute approximate surface area is 106 Å². The Morgan fingerprint density at radius 3 is 2.94 bits per heavy atom. The van der Waals surface area contributed by atoms with Gasteiger partial charge in [0.1, 0.15) is 0 Å². The van der Waals surface area contributed by atoms with Gasteiger partial charge in [0.15, 0.2) is 0 Å². The summed E-state index contributed by atoms with van der Waals surface area (Å²) in [6.07, 6.45) is 0.893. The molecule has 3 nitrogen and oxygen atoms in total. The summed E-state index contributed by atoms with van der Waals surface area (Å²) in [4.78, 5) is 16.7. The topological polar surface area (TPSA) is 29.5 Å². The first-order chi connectivity index (χ1) is 8.03. The van der Waals surface area contributed by atoms with E-state index in [1.54, 1.807) is 0 Å². The van der Waals surface area contributed by atoms with Gasteiger partial charge in [-0.1, -0.05) is 0 Å². The third-order valence-electron chi connectivity index (χ3n) is 3.41. The Morgan fingerprint density at radius 2 is 2.35 bits per heavy atom. The summed E-state index contributed by atoms with van der Waals surface area (Å²) >= 11 is 1.83. The molecule has 0 spiro atoms. The number of carbonyl (C=O) groups excluding carboxylic acids is 1. The average Bonchev–Trinajstić information content (AvgIpc) is 2.86. The number of likely N-dealkylation sites (tertiary alicyclic amines) is 1. The molecule has 1 aromatic rings. The Hall–Kier alpha value is -0.870. The lowest BCUT2D eigenvalue weighted by molar-refractivity contribution is -0.151. The van der Waals surface area contributed by atoms with Crippen LogP contribution in [0.15, 0.2) is 12.1 Å². The van der Waals surface area contributed by atoms with E-state index in [-0.39, 0.29) is 11.4 Å². The molecule has 1 saturated heterocycles. The lowest BCUT2D eigenvalue weighted by Gasteiger charge is -2.21. The number of nitrogens with zero attached hydrogens (tertiary/aromatic N) is 1. The fraction of sp³-hybridized carbons (Fsp3) is 0.615. The van der Waals surface area contributed by atoms with E-state index >= 15 is 0 Å². The van der Waals surface area contributed by atoms with Gasteiger partial charge in [-0.3, -0.25) is 9.69 Å². The molecule has 4 heteroatoms. The van der Waals surface area contributed by atoms with Gasteiger partial charge in [-0.2, -0.15) is 0 Å². The lowest BCUT2D eigenvalue weighted by Crippen LogP contribution is -2.32. The smallest absolute Gasteiger partial charge is 0.312 e. The molecular formula is C13H19NO2S. The minimum atomic E-state index is -0.318. The van der Waals surface area contributed by atoms with Crippen LogP contribution in [0.2, 0.25) is 0 Å². The second-order valence-electron chi connectivity index (χ2n) is 5.03. The lowest BCUT2D eigenvalue weighted by atomic mass is 9.90. The molecule has 1 aromatic heterocycles. The number of hydrogen-bond donors (Lipinski definition) is 0. The van der Waals surface area contributed by atoms with Crippen LogP contribution in [0, 0.1) is 12.3 Å². The van der Waals surface area contributed by atoms with Crippen LogP contribution < -0.4 is 0 Å². The molecule has 0 saturated carbocycles. The maximum atomic E-state index is 11.7. The highest BCUT2D eigenvalue weighted by molar-refractivity contribution is 7.11. The number of ether oxygens (including phenoxy) is 1. The van der Waals surface area contributed by atoms with E-state index in [0.717, 1.165) is 26.1 Å². The number of methoxy groups -OCH3 is 1. The second kappa shape index (κ2) is 4.78. The molecule has 1 aliphatic rings. The standard InChI is InChI=1S/C13H19NO2S/c1-10-4-5-11(17-10)8-14-7-6-13(2,9-14)12(15)16-3/h4-5H,6-9H2,1-3H3/t13-/m1/s1. The first-order valence-corrected chi connectivity index (χ1v) is 6.71. The molecule has 0 N–H and O–H groups in total. The van der Waals surface area contributed by atoms with Crippen LogP contribution in [0.1, 0.15) is 23.1 Å². The molecule has 0 radical (unpaired) electrons. The summed E-state index contributed by atoms with van der Waals surface area (Å²) in [6.45, 7) is 6.85. The molecule has 0 bridgehead atoms. The molecule has 1 atom stereocenters. The highest BCUT2D eigenvalue weighted by atomic mass is 32.1. The normalized spacial score (nSPS) is 25.1. The van der Waals surface area contributed by atoms with Crippen LogP contribution in [0.4, 0.5) is 0 Å². The number of rotatable bonds is 3. The van der Waals surface area contributed by atoms with Crippen LogP contribution >= 0.6 is 11.3 Å². The summed E-state index contributed by atoms with van der Waals surface area (Å²) in [5.74, 6) is -0.0811. The SMILES string of the molecule is COC(=O)[C@]1(C)CCN(Cc2ccc(C)s2)C1. The van der Waals surface area contributed by atoms with E-state index in [1.807, 2.05) is 18.3 Å². The highest BCUT2D eigenvalue weighted by Crippen LogP contribution is 2.32. The summed E-state index contributed by atoms with van der Waals surface area (Å²) in [6, 6.07) is 4.32. The summed E-state index contributed by atoms with van der Waals surface area (Å²) in [5, 5.41) is 0. The number of carbonyl (C=O) groups is 1. The summed E-state index contributed by atoms with van der Waals surface area (Å²) < 4.78 is 4.88. The van der Waals surface area contributed by atoms with Crippen molar-refractivity contribution < 1.29 is 9.53 Å². The van der Waals surface area contributed by atoms with E-state index in [2.05, 4.69) is 24.0 Å². The third kappa shape index (κ3) is 2.69. The molecule has 1 aliphatic heterocycles. The van der Waals surface area contributed by atoms with Crippen molar-refractivity contribution in [2.24, 2.45) is 5.41 Å². The van der Waals surface area contributed by atoms with Gasteiger partial charge in [0.2, 0.25) is 0 Å². The van der Waals surface area contributed by atoms with Crippen molar-refractivity contribution >= 4 is 17.3 Å². The molecule has 2 rings (SSSR count). The fourth-order valence-electron chi connectivity index (χ4n) is 2.39. The Kier molecular flexibility index (Phi) is 3.54. The Bertz CT molecular complexity index is 415. The predicted molar refractivity (Wildman–Crippen MR) is 69.1 cm³/mol. The molecular weight excluding hydrogens is 234 g/mol. The maximum absolute atomic E-state index is 11.7. The zero-order chi connectivity index (χ0) is 12.5. The number of hydrogen-bond acceptors (Lipinski definition) is 4. The van der Waals surface area contributed by atoms with Crippen molar-refractivity contribution in [1.82, 2.24) is 4.90 Å². The van der Waals surface area contributed by atoms with Gasteiger partial charge in [-0.15, -0.1) is 11.3 Å². The fourth-order valence-corrected chi connectivity index (χ4v) is 3.33. The summed E-state index contributed by atoms with van der Waals surface area (Å²) in [5.41, 5.74) is -0.318. The van der Waals surface area contributed by atoms with Gasteiger partial charge in [-0.05, 0) is 38.9 Å². The molecule has 0 amide bonds. The zero-order valence-electron chi connectivity index (χ0n) is 10.7. The van der Waals surface area contributed by atoms with Crippen molar-refractivity contribution in [2.45, 2.75) is 26.8 Å². The van der Waals surface area contributed by atoms with E-state index in [0.29, 0.717) is 0 Å². The highest BCUT2D eigenvalue weighted by Gasteiger charge is 2.41. The maximum Gasteiger partial charge on any atom is 0.312 e. The van der Waals surface area contributed by atoms with Crippen molar-refractivity contribution in [3.63, 3.8) is 0 Å². The van der Waals surface area contributed by atoms with E-state index in [1.165, 1.54) is 16.9 Å². The van der Waals surface area contributed by atoms with Crippen LogP contribution in [0.25, 0.3) is 0 Å². The first kappa shape index (κ1) is 12.6. The van der Waals surface area contributed by atoms with Crippen LogP contribution in [0.5, 0.6) is 0 Å². The average molecular weight is 253 g/mol. The number of thiophene rings is 1. The largest absolute Gasteiger partial charge is 0.469 e. The summed E-state index contributed by atoms with van der Waals surface area (Å²) in [7, 11) is 1.47. The molecule has 0 unspecified atom stereocenters. The molecule has 94 valence electrons. The van der Waals surface area contributed by atoms with Crippen molar-refractivity contribution in [3.8, 4) is 0 Å². The number of aryl methyl sites for hydroxylation is 1. The minimum absolute atomic E-state index is 0.0811. The van der Waals surface area contributed by atoms with E-state index in [4.69, 9.17) is 4.74 Å². The Morgan fingerprint density at radius 1 is 1.59 bits per heavy atom. The van der Waals surface area contributed by atoms with Gasteiger partial charge < -0.3 is 4.74 Å². The number of esters is 1.